The smallest absolute Gasteiger partial charge is 0.382 e. The fourth-order valence-corrected chi connectivity index (χ4v) is 3.80. The number of benzene rings is 1. The van der Waals surface area contributed by atoms with E-state index in [1.165, 1.54) is 12.1 Å². The maximum absolute atomic E-state index is 13.0. The minimum Gasteiger partial charge on any atom is -0.382 e. The Morgan fingerprint density at radius 1 is 1.20 bits per heavy atom. The molecule has 1 aliphatic rings. The predicted octanol–water partition coefficient (Wildman–Crippen LogP) is 2.96. The van der Waals surface area contributed by atoms with Gasteiger partial charge in [0.25, 0.3) is 0 Å². The van der Waals surface area contributed by atoms with Gasteiger partial charge in [-0.3, -0.25) is 4.72 Å². The number of nitrogens with zero attached hydrogens (tertiary/aromatic N) is 2. The summed E-state index contributed by atoms with van der Waals surface area (Å²) in [6.07, 6.45) is -3.62. The summed E-state index contributed by atoms with van der Waals surface area (Å²) in [5.41, 5.74) is 5.45. The van der Waals surface area contributed by atoms with Crippen LogP contribution in [0.3, 0.4) is 0 Å². The van der Waals surface area contributed by atoms with E-state index >= 15 is 0 Å². The van der Waals surface area contributed by atoms with Gasteiger partial charge in [-0.15, -0.1) is 10.2 Å². The Balaban J connectivity index is 2.13. The van der Waals surface area contributed by atoms with E-state index in [4.69, 9.17) is 5.73 Å². The predicted molar refractivity (Wildman–Crippen MR) is 87.2 cm³/mol. The number of nitrogens with one attached hydrogen (secondary N) is 1. The van der Waals surface area contributed by atoms with Crippen molar-refractivity contribution in [1.29, 1.82) is 0 Å². The molecule has 0 aliphatic heterocycles. The van der Waals surface area contributed by atoms with Crippen LogP contribution in [0, 0.1) is 6.92 Å². The Bertz CT molecular complexity index is 925. The van der Waals surface area contributed by atoms with Crippen LogP contribution in [-0.4, -0.2) is 23.9 Å². The molecule has 0 unspecified atom stereocenters. The third-order valence-corrected chi connectivity index (χ3v) is 5.67. The largest absolute Gasteiger partial charge is 0.416 e. The normalized spacial score (nSPS) is 15.2. The van der Waals surface area contributed by atoms with Crippen molar-refractivity contribution >= 4 is 21.5 Å². The third kappa shape index (κ3) is 3.68. The molecule has 2 aromatic rings. The van der Waals surface area contributed by atoms with E-state index < -0.39 is 27.0 Å². The molecule has 0 atom stereocenters. The Kier molecular flexibility index (Phi) is 4.10. The van der Waals surface area contributed by atoms with Gasteiger partial charge in [0.15, 0.2) is 0 Å². The van der Waals surface area contributed by atoms with Crippen molar-refractivity contribution in [1.82, 2.24) is 10.2 Å². The molecule has 1 heterocycles. The average molecular weight is 372 g/mol. The lowest BCUT2D eigenvalue weighted by molar-refractivity contribution is -0.137. The van der Waals surface area contributed by atoms with Gasteiger partial charge in [-0.1, -0.05) is 6.07 Å². The van der Waals surface area contributed by atoms with Gasteiger partial charge in [0.2, 0.25) is 10.0 Å². The van der Waals surface area contributed by atoms with Crippen LogP contribution in [0.2, 0.25) is 0 Å². The molecule has 134 valence electrons. The number of nitrogen functional groups attached to an aromatic ring is 1. The first kappa shape index (κ1) is 17.5. The van der Waals surface area contributed by atoms with Crippen molar-refractivity contribution in [2.45, 2.75) is 31.2 Å². The van der Waals surface area contributed by atoms with Crippen molar-refractivity contribution in [3.8, 4) is 11.3 Å². The van der Waals surface area contributed by atoms with Crippen LogP contribution in [-0.2, 0) is 16.2 Å². The fourth-order valence-electron chi connectivity index (χ4n) is 2.40. The highest BCUT2D eigenvalue weighted by atomic mass is 32.2. The first-order chi connectivity index (χ1) is 11.6. The van der Waals surface area contributed by atoms with Crippen molar-refractivity contribution in [2.75, 3.05) is 10.5 Å². The van der Waals surface area contributed by atoms with Crippen LogP contribution in [0.1, 0.15) is 24.0 Å². The van der Waals surface area contributed by atoms with E-state index in [1.54, 1.807) is 6.92 Å². The van der Waals surface area contributed by atoms with Crippen LogP contribution >= 0.6 is 0 Å². The highest BCUT2D eigenvalue weighted by molar-refractivity contribution is 7.93. The Morgan fingerprint density at radius 3 is 2.44 bits per heavy atom. The molecule has 25 heavy (non-hydrogen) atoms. The second-order valence-electron chi connectivity index (χ2n) is 5.91. The molecule has 0 amide bonds. The number of hydrogen-bond acceptors (Lipinski definition) is 5. The van der Waals surface area contributed by atoms with Gasteiger partial charge in [0.05, 0.1) is 22.2 Å². The molecule has 3 N–H and O–H groups in total. The lowest BCUT2D eigenvalue weighted by atomic mass is 10.0. The molecular weight excluding hydrogens is 357 g/mol. The van der Waals surface area contributed by atoms with Crippen LogP contribution < -0.4 is 10.5 Å². The molecule has 1 aromatic carbocycles. The number of aryl methyl sites for hydroxylation is 1. The van der Waals surface area contributed by atoms with E-state index in [-0.39, 0.29) is 22.8 Å². The lowest BCUT2D eigenvalue weighted by Crippen LogP contribution is -2.19. The van der Waals surface area contributed by atoms with Gasteiger partial charge >= 0.3 is 6.18 Å². The van der Waals surface area contributed by atoms with Crippen LogP contribution in [0.15, 0.2) is 24.3 Å². The number of sulfonamides is 1. The molecule has 1 aromatic heterocycles. The molecular formula is C15H15F3N4O2S. The number of anilines is 2. The van der Waals surface area contributed by atoms with E-state index in [0.29, 0.717) is 18.4 Å². The molecule has 1 saturated carbocycles. The number of nitrogens with two attached hydrogens (primary N) is 1. The molecule has 0 saturated heterocycles. The Labute approximate surface area is 142 Å². The van der Waals surface area contributed by atoms with Gasteiger partial charge in [0.1, 0.15) is 5.82 Å². The summed E-state index contributed by atoms with van der Waals surface area (Å²) in [4.78, 5) is 0. The summed E-state index contributed by atoms with van der Waals surface area (Å²) >= 11 is 0. The summed E-state index contributed by atoms with van der Waals surface area (Å²) in [7, 11) is -3.74. The molecule has 0 spiro atoms. The molecule has 0 bridgehead atoms. The summed E-state index contributed by atoms with van der Waals surface area (Å²) < 4.78 is 65.7. The maximum Gasteiger partial charge on any atom is 0.416 e. The van der Waals surface area contributed by atoms with E-state index in [0.717, 1.165) is 12.1 Å². The monoisotopic (exact) mass is 372 g/mol. The highest BCUT2D eigenvalue weighted by Crippen LogP contribution is 2.38. The standard InChI is InChI=1S/C15H15F3N4O2S/c1-8-6-13(19)20-21-14(8)11-5-2-9(15(16,17)18)7-12(11)22-25(23,24)10-3-4-10/h2,5-7,10,22H,3-4H2,1H3,(H2,19,20). The zero-order chi connectivity index (χ0) is 18.4. The zero-order valence-electron chi connectivity index (χ0n) is 13.1. The quantitative estimate of drug-likeness (QED) is 0.860. The molecule has 1 fully saturated rings. The minimum absolute atomic E-state index is 0.160. The van der Waals surface area contributed by atoms with E-state index in [2.05, 4.69) is 14.9 Å². The van der Waals surface area contributed by atoms with Crippen LogP contribution in [0.4, 0.5) is 24.7 Å². The molecule has 0 radical (unpaired) electrons. The molecule has 1 aliphatic carbocycles. The van der Waals surface area contributed by atoms with Crippen molar-refractivity contribution in [3.63, 3.8) is 0 Å². The highest BCUT2D eigenvalue weighted by Gasteiger charge is 2.37. The second-order valence-corrected chi connectivity index (χ2v) is 7.87. The molecule has 6 nitrogen and oxygen atoms in total. The fraction of sp³-hybridized carbons (Fsp3) is 0.333. The summed E-state index contributed by atoms with van der Waals surface area (Å²) in [5, 5.41) is 7.03. The van der Waals surface area contributed by atoms with Gasteiger partial charge in [-0.05, 0) is 43.5 Å². The molecule has 3 rings (SSSR count). The number of alkyl halides is 3. The number of rotatable bonds is 4. The van der Waals surface area contributed by atoms with Gasteiger partial charge < -0.3 is 5.73 Å². The van der Waals surface area contributed by atoms with Crippen LogP contribution in [0.25, 0.3) is 11.3 Å². The first-order valence-corrected chi connectivity index (χ1v) is 8.95. The average Bonchev–Trinajstić information content (AvgIpc) is 3.31. The number of halogens is 3. The Hall–Kier alpha value is -2.36. The second kappa shape index (κ2) is 5.87. The van der Waals surface area contributed by atoms with E-state index in [1.807, 2.05) is 0 Å². The summed E-state index contributed by atoms with van der Waals surface area (Å²) in [6.45, 7) is 1.66. The lowest BCUT2D eigenvalue weighted by Gasteiger charge is -2.16. The SMILES string of the molecule is Cc1cc(N)nnc1-c1ccc(C(F)(F)F)cc1NS(=O)(=O)C1CC1. The third-order valence-electron chi connectivity index (χ3n) is 3.82. The number of hydrogen-bond donors (Lipinski definition) is 2. The van der Waals surface area contributed by atoms with Gasteiger partial charge in [0, 0.05) is 5.56 Å². The summed E-state index contributed by atoms with van der Waals surface area (Å²) in [6, 6.07) is 4.34. The zero-order valence-corrected chi connectivity index (χ0v) is 13.9. The molecule has 10 heteroatoms. The van der Waals surface area contributed by atoms with Gasteiger partial charge in [-0.2, -0.15) is 13.2 Å². The summed E-state index contributed by atoms with van der Waals surface area (Å²) in [5.74, 6) is 0.160. The van der Waals surface area contributed by atoms with Crippen molar-refractivity contribution in [3.05, 3.63) is 35.4 Å². The van der Waals surface area contributed by atoms with Crippen molar-refractivity contribution in [2.24, 2.45) is 0 Å². The minimum atomic E-state index is -4.60. The maximum atomic E-state index is 13.0. The van der Waals surface area contributed by atoms with E-state index in [9.17, 15) is 21.6 Å². The van der Waals surface area contributed by atoms with Gasteiger partial charge in [-0.25, -0.2) is 8.42 Å². The first-order valence-electron chi connectivity index (χ1n) is 7.41. The number of aromatic nitrogens is 2. The topological polar surface area (TPSA) is 98.0 Å². The Morgan fingerprint density at radius 2 is 1.88 bits per heavy atom. The van der Waals surface area contributed by atoms with Crippen LogP contribution in [0.5, 0.6) is 0 Å². The van der Waals surface area contributed by atoms with Crippen molar-refractivity contribution < 1.29 is 21.6 Å².